The maximum atomic E-state index is 12.3. The van der Waals surface area contributed by atoms with Crippen LogP contribution in [-0.2, 0) is 17.6 Å². The lowest BCUT2D eigenvalue weighted by Crippen LogP contribution is -2.29. The van der Waals surface area contributed by atoms with Crippen LogP contribution in [0.15, 0.2) is 0 Å². The summed E-state index contributed by atoms with van der Waals surface area (Å²) in [5.41, 5.74) is 1.86. The van der Waals surface area contributed by atoms with Crippen LogP contribution in [0.3, 0.4) is 0 Å². The molecule has 1 aromatic rings. The molecule has 2 rings (SSSR count). The smallest absolute Gasteiger partial charge is 0.341 e. The molecule has 2 N–H and O–H groups in total. The van der Waals surface area contributed by atoms with Crippen molar-refractivity contribution >= 4 is 39.6 Å². The molecule has 0 spiro atoms. The van der Waals surface area contributed by atoms with Gasteiger partial charge in [-0.05, 0) is 56.8 Å². The normalized spacial score (nSPS) is 13.4. The number of unbranched alkanes of at least 4 members (excludes halogenated alkanes) is 1. The number of hydrogen-bond acceptors (Lipinski definition) is 4. The van der Waals surface area contributed by atoms with Crippen molar-refractivity contribution in [1.82, 2.24) is 5.32 Å². The third-order valence-corrected chi connectivity index (χ3v) is 5.15. The average Bonchev–Trinajstić information content (AvgIpc) is 2.85. The highest BCUT2D eigenvalue weighted by molar-refractivity contribution is 7.80. The number of thiophene rings is 1. The van der Waals surface area contributed by atoms with Crippen molar-refractivity contribution in [3.05, 3.63) is 16.0 Å². The van der Waals surface area contributed by atoms with E-state index in [1.807, 2.05) is 6.92 Å². The second-order valence-corrected chi connectivity index (χ2v) is 6.88. The predicted octanol–water partition coefficient (Wildman–Crippen LogP) is 3.89. The van der Waals surface area contributed by atoms with Crippen molar-refractivity contribution in [1.29, 1.82) is 0 Å². The lowest BCUT2D eigenvalue weighted by molar-refractivity contribution is 0.0526. The number of hydrogen-bond donors (Lipinski definition) is 2. The van der Waals surface area contributed by atoms with Gasteiger partial charge < -0.3 is 15.4 Å². The van der Waals surface area contributed by atoms with E-state index in [1.165, 1.54) is 11.3 Å². The van der Waals surface area contributed by atoms with Crippen LogP contribution in [-0.4, -0.2) is 24.2 Å². The number of rotatable bonds is 6. The highest BCUT2D eigenvalue weighted by Gasteiger charge is 2.26. The first-order chi connectivity index (χ1) is 10.7. The van der Waals surface area contributed by atoms with E-state index in [9.17, 15) is 4.79 Å². The van der Waals surface area contributed by atoms with E-state index >= 15 is 0 Å². The lowest BCUT2D eigenvalue weighted by atomic mass is 9.95. The number of thiocarbonyl (C=S) groups is 1. The second kappa shape index (κ2) is 8.48. The molecule has 1 aliphatic carbocycles. The summed E-state index contributed by atoms with van der Waals surface area (Å²) in [6.07, 6.45) is 6.52. The van der Waals surface area contributed by atoms with Gasteiger partial charge in [0.25, 0.3) is 0 Å². The number of ether oxygens (including phenoxy) is 1. The van der Waals surface area contributed by atoms with Crippen molar-refractivity contribution in [2.24, 2.45) is 0 Å². The number of esters is 1. The van der Waals surface area contributed by atoms with Crippen LogP contribution >= 0.6 is 23.6 Å². The van der Waals surface area contributed by atoms with Gasteiger partial charge in [0.1, 0.15) is 5.00 Å². The third kappa shape index (κ3) is 4.20. The minimum absolute atomic E-state index is 0.235. The van der Waals surface area contributed by atoms with Crippen LogP contribution in [0.25, 0.3) is 0 Å². The summed E-state index contributed by atoms with van der Waals surface area (Å²) >= 11 is 6.98. The molecule has 22 heavy (non-hydrogen) atoms. The number of carbonyl (C=O) groups is 1. The number of nitrogens with one attached hydrogen (secondary N) is 2. The van der Waals surface area contributed by atoms with Crippen molar-refractivity contribution in [3.8, 4) is 0 Å². The van der Waals surface area contributed by atoms with Crippen LogP contribution in [0.1, 0.15) is 60.3 Å². The molecule has 0 atom stereocenters. The second-order valence-electron chi connectivity index (χ2n) is 5.37. The van der Waals surface area contributed by atoms with Gasteiger partial charge in [-0.2, -0.15) is 0 Å². The molecule has 1 heterocycles. The first kappa shape index (κ1) is 17.2. The summed E-state index contributed by atoms with van der Waals surface area (Å²) in [5, 5.41) is 7.80. The minimum atomic E-state index is -0.235. The Morgan fingerprint density at radius 3 is 2.82 bits per heavy atom. The Bertz CT molecular complexity index is 540. The highest BCUT2D eigenvalue weighted by Crippen LogP contribution is 2.38. The average molecular weight is 341 g/mol. The molecule has 1 aromatic heterocycles. The molecular weight excluding hydrogens is 316 g/mol. The molecule has 4 nitrogen and oxygen atoms in total. The van der Waals surface area contributed by atoms with Crippen molar-refractivity contribution in [2.75, 3.05) is 18.5 Å². The largest absolute Gasteiger partial charge is 0.462 e. The third-order valence-electron chi connectivity index (χ3n) is 3.69. The maximum Gasteiger partial charge on any atom is 0.341 e. The van der Waals surface area contributed by atoms with E-state index in [4.69, 9.17) is 17.0 Å². The van der Waals surface area contributed by atoms with Gasteiger partial charge in [0.2, 0.25) is 0 Å². The van der Waals surface area contributed by atoms with E-state index in [-0.39, 0.29) is 5.97 Å². The predicted molar refractivity (Wildman–Crippen MR) is 96.0 cm³/mol. The SMILES string of the molecule is CCCCNC(=S)Nc1sc2c(c1C(=O)OCC)CCCC2. The molecule has 0 bridgehead atoms. The lowest BCUT2D eigenvalue weighted by Gasteiger charge is -2.13. The Morgan fingerprint density at radius 2 is 2.09 bits per heavy atom. The Labute approximate surface area is 141 Å². The minimum Gasteiger partial charge on any atom is -0.462 e. The van der Waals surface area contributed by atoms with E-state index in [1.54, 1.807) is 11.3 Å². The molecule has 1 aliphatic rings. The molecule has 6 heteroatoms. The van der Waals surface area contributed by atoms with Crippen molar-refractivity contribution < 1.29 is 9.53 Å². The number of anilines is 1. The number of carbonyl (C=O) groups excluding carboxylic acids is 1. The molecule has 0 saturated carbocycles. The molecule has 0 unspecified atom stereocenters. The fraction of sp³-hybridized carbons (Fsp3) is 0.625. The zero-order chi connectivity index (χ0) is 15.9. The van der Waals surface area contributed by atoms with Gasteiger partial charge in [-0.15, -0.1) is 11.3 Å². The van der Waals surface area contributed by atoms with Crippen LogP contribution in [0.5, 0.6) is 0 Å². The molecule has 0 aromatic carbocycles. The van der Waals surface area contributed by atoms with E-state index < -0.39 is 0 Å². The standard InChI is InChI=1S/C16H24N2O2S2/c1-3-5-10-17-16(21)18-14-13(15(19)20-4-2)11-8-6-7-9-12(11)22-14/h3-10H2,1-2H3,(H2,17,18,21). The molecule has 0 saturated heterocycles. The zero-order valence-electron chi connectivity index (χ0n) is 13.3. The van der Waals surface area contributed by atoms with E-state index in [0.717, 1.165) is 49.2 Å². The van der Waals surface area contributed by atoms with Crippen LogP contribution in [0.2, 0.25) is 0 Å². The van der Waals surface area contributed by atoms with Crippen molar-refractivity contribution in [2.45, 2.75) is 52.4 Å². The van der Waals surface area contributed by atoms with E-state index in [0.29, 0.717) is 17.3 Å². The van der Waals surface area contributed by atoms with Crippen LogP contribution < -0.4 is 10.6 Å². The molecular formula is C16H24N2O2S2. The van der Waals surface area contributed by atoms with Gasteiger partial charge in [-0.1, -0.05) is 13.3 Å². The van der Waals surface area contributed by atoms with Crippen LogP contribution in [0.4, 0.5) is 5.00 Å². The Balaban J connectivity index is 2.17. The molecule has 0 fully saturated rings. The zero-order valence-corrected chi connectivity index (χ0v) is 14.9. The van der Waals surface area contributed by atoms with Gasteiger partial charge in [0, 0.05) is 11.4 Å². The summed E-state index contributed by atoms with van der Waals surface area (Å²) in [4.78, 5) is 13.6. The number of aryl methyl sites for hydroxylation is 1. The van der Waals surface area contributed by atoms with Gasteiger partial charge in [0.05, 0.1) is 12.2 Å². The summed E-state index contributed by atoms with van der Waals surface area (Å²) in [6, 6.07) is 0. The van der Waals surface area contributed by atoms with Gasteiger partial charge in [-0.25, -0.2) is 4.79 Å². The highest BCUT2D eigenvalue weighted by atomic mass is 32.1. The summed E-state index contributed by atoms with van der Waals surface area (Å²) in [7, 11) is 0. The first-order valence-corrected chi connectivity index (χ1v) is 9.26. The fourth-order valence-corrected chi connectivity index (χ4v) is 4.15. The topological polar surface area (TPSA) is 50.4 Å². The summed E-state index contributed by atoms with van der Waals surface area (Å²) in [6.45, 7) is 5.22. The summed E-state index contributed by atoms with van der Waals surface area (Å²) in [5.74, 6) is -0.235. The maximum absolute atomic E-state index is 12.3. The Kier molecular flexibility index (Phi) is 6.64. The van der Waals surface area contributed by atoms with Gasteiger partial charge in [0.15, 0.2) is 5.11 Å². The Hall–Kier alpha value is -1.14. The Morgan fingerprint density at radius 1 is 1.32 bits per heavy atom. The molecule has 0 radical (unpaired) electrons. The van der Waals surface area contributed by atoms with Gasteiger partial charge >= 0.3 is 5.97 Å². The quantitative estimate of drug-likeness (QED) is 0.467. The van der Waals surface area contributed by atoms with Gasteiger partial charge in [-0.3, -0.25) is 0 Å². The molecule has 0 amide bonds. The monoisotopic (exact) mass is 340 g/mol. The van der Waals surface area contributed by atoms with Crippen molar-refractivity contribution in [3.63, 3.8) is 0 Å². The van der Waals surface area contributed by atoms with E-state index in [2.05, 4.69) is 17.6 Å². The summed E-state index contributed by atoms with van der Waals surface area (Å²) < 4.78 is 5.24. The fourth-order valence-electron chi connectivity index (χ4n) is 2.60. The molecule has 122 valence electrons. The van der Waals surface area contributed by atoms with Crippen LogP contribution in [0, 0.1) is 0 Å². The molecule has 0 aliphatic heterocycles. The number of fused-ring (bicyclic) bond motifs is 1. The first-order valence-electron chi connectivity index (χ1n) is 8.03.